The summed E-state index contributed by atoms with van der Waals surface area (Å²) in [4.78, 5) is 12.1. The van der Waals surface area contributed by atoms with Gasteiger partial charge in [-0.2, -0.15) is 15.4 Å². The third kappa shape index (κ3) is 3.14. The van der Waals surface area contributed by atoms with Crippen molar-refractivity contribution in [2.45, 2.75) is 31.9 Å². The molecule has 1 heterocycles. The number of benzene rings is 1. The first-order valence-electron chi connectivity index (χ1n) is 7.14. The van der Waals surface area contributed by atoms with Crippen molar-refractivity contribution < 1.29 is 13.9 Å². The Morgan fingerprint density at radius 3 is 2.95 bits per heavy atom. The molecule has 2 aromatic rings. The first-order chi connectivity index (χ1) is 10.7. The number of nitrogens with one attached hydrogen (secondary N) is 2. The molecule has 0 saturated heterocycles. The fourth-order valence-corrected chi connectivity index (χ4v) is 2.29. The SMILES string of the molecule is COCc1ccc(CNC(=O)c2n[nH]nc2C2CC2)cc1F. The Morgan fingerprint density at radius 1 is 1.45 bits per heavy atom. The Balaban J connectivity index is 1.63. The van der Waals surface area contributed by atoms with Crippen molar-refractivity contribution in [1.29, 1.82) is 0 Å². The van der Waals surface area contributed by atoms with E-state index in [0.29, 0.717) is 22.7 Å². The van der Waals surface area contributed by atoms with E-state index in [4.69, 9.17) is 4.74 Å². The number of nitrogens with zero attached hydrogens (tertiary/aromatic N) is 2. The molecular formula is C15H17FN4O2. The number of rotatable bonds is 6. The molecule has 0 aliphatic heterocycles. The van der Waals surface area contributed by atoms with Gasteiger partial charge in [0.2, 0.25) is 0 Å². The van der Waals surface area contributed by atoms with E-state index in [1.165, 1.54) is 13.2 Å². The van der Waals surface area contributed by atoms with Crippen molar-refractivity contribution >= 4 is 5.91 Å². The molecule has 1 saturated carbocycles. The molecule has 0 radical (unpaired) electrons. The predicted octanol–water partition coefficient (Wildman–Crippen LogP) is 1.90. The average Bonchev–Trinajstić information content (AvgIpc) is 3.24. The van der Waals surface area contributed by atoms with Crippen LogP contribution in [0.1, 0.15) is 46.1 Å². The molecule has 3 rings (SSSR count). The lowest BCUT2D eigenvalue weighted by molar-refractivity contribution is 0.0944. The molecule has 22 heavy (non-hydrogen) atoms. The summed E-state index contributed by atoms with van der Waals surface area (Å²) >= 11 is 0. The molecule has 116 valence electrons. The van der Waals surface area contributed by atoms with E-state index < -0.39 is 0 Å². The van der Waals surface area contributed by atoms with Gasteiger partial charge in [-0.3, -0.25) is 4.79 Å². The van der Waals surface area contributed by atoms with Gasteiger partial charge in [0, 0.05) is 25.1 Å². The topological polar surface area (TPSA) is 79.9 Å². The number of ether oxygens (including phenoxy) is 1. The van der Waals surface area contributed by atoms with E-state index in [1.54, 1.807) is 12.1 Å². The van der Waals surface area contributed by atoms with Crippen LogP contribution in [0.4, 0.5) is 4.39 Å². The summed E-state index contributed by atoms with van der Waals surface area (Å²) in [5.41, 5.74) is 2.23. The van der Waals surface area contributed by atoms with Gasteiger partial charge in [0.05, 0.1) is 12.3 Å². The zero-order chi connectivity index (χ0) is 15.5. The Labute approximate surface area is 127 Å². The molecule has 7 heteroatoms. The van der Waals surface area contributed by atoms with Crippen molar-refractivity contribution in [3.05, 3.63) is 46.5 Å². The number of carbonyl (C=O) groups excluding carboxylic acids is 1. The second-order valence-corrected chi connectivity index (χ2v) is 5.37. The molecule has 1 aliphatic carbocycles. The molecule has 6 nitrogen and oxygen atoms in total. The van der Waals surface area contributed by atoms with Gasteiger partial charge in [0.1, 0.15) is 5.82 Å². The Bertz CT molecular complexity index is 682. The molecule has 0 bridgehead atoms. The maximum Gasteiger partial charge on any atom is 0.274 e. The molecule has 1 aliphatic rings. The fraction of sp³-hybridized carbons (Fsp3) is 0.400. The highest BCUT2D eigenvalue weighted by atomic mass is 19.1. The lowest BCUT2D eigenvalue weighted by Gasteiger charge is -2.07. The van der Waals surface area contributed by atoms with Crippen molar-refractivity contribution in [2.75, 3.05) is 7.11 Å². The van der Waals surface area contributed by atoms with Crippen LogP contribution in [0.25, 0.3) is 0 Å². The minimum absolute atomic E-state index is 0.224. The monoisotopic (exact) mass is 304 g/mol. The molecule has 0 unspecified atom stereocenters. The highest BCUT2D eigenvalue weighted by Crippen LogP contribution is 2.39. The van der Waals surface area contributed by atoms with Crippen molar-refractivity contribution in [3.63, 3.8) is 0 Å². The zero-order valence-corrected chi connectivity index (χ0v) is 12.2. The summed E-state index contributed by atoms with van der Waals surface area (Å²) in [5, 5.41) is 13.2. The maximum atomic E-state index is 13.8. The minimum atomic E-state index is -0.339. The van der Waals surface area contributed by atoms with E-state index in [-0.39, 0.29) is 24.9 Å². The molecule has 1 amide bonds. The molecule has 0 atom stereocenters. The van der Waals surface area contributed by atoms with Crippen LogP contribution in [0, 0.1) is 5.82 Å². The quantitative estimate of drug-likeness (QED) is 0.854. The summed E-state index contributed by atoms with van der Waals surface area (Å²) in [5.74, 6) is -0.295. The van der Waals surface area contributed by atoms with E-state index in [1.807, 2.05) is 0 Å². The summed E-state index contributed by atoms with van der Waals surface area (Å²) in [7, 11) is 1.52. The summed E-state index contributed by atoms with van der Waals surface area (Å²) in [6.45, 7) is 0.460. The van der Waals surface area contributed by atoms with Crippen LogP contribution in [0.3, 0.4) is 0 Å². The number of methoxy groups -OCH3 is 1. The largest absolute Gasteiger partial charge is 0.380 e. The van der Waals surface area contributed by atoms with Gasteiger partial charge in [-0.1, -0.05) is 12.1 Å². The molecular weight excluding hydrogens is 287 g/mol. The van der Waals surface area contributed by atoms with Gasteiger partial charge < -0.3 is 10.1 Å². The van der Waals surface area contributed by atoms with Gasteiger partial charge >= 0.3 is 0 Å². The van der Waals surface area contributed by atoms with Crippen LogP contribution < -0.4 is 5.32 Å². The number of amides is 1. The first kappa shape index (κ1) is 14.6. The van der Waals surface area contributed by atoms with E-state index in [0.717, 1.165) is 18.5 Å². The standard InChI is InChI=1S/C15H17FN4O2/c1-22-8-11-3-2-9(6-12(11)16)7-17-15(21)14-13(10-4-5-10)18-20-19-14/h2-3,6,10H,4-5,7-8H2,1H3,(H,17,21)(H,18,19,20). The number of carbonyl (C=O) groups is 1. The second kappa shape index (κ2) is 6.23. The molecule has 1 fully saturated rings. The average molecular weight is 304 g/mol. The van der Waals surface area contributed by atoms with Crippen LogP contribution in [-0.2, 0) is 17.9 Å². The Kier molecular flexibility index (Phi) is 4.15. The second-order valence-electron chi connectivity index (χ2n) is 5.37. The predicted molar refractivity (Wildman–Crippen MR) is 76.6 cm³/mol. The molecule has 2 N–H and O–H groups in total. The third-order valence-corrected chi connectivity index (χ3v) is 3.62. The smallest absolute Gasteiger partial charge is 0.274 e. The molecule has 1 aromatic carbocycles. The van der Waals surface area contributed by atoms with E-state index >= 15 is 0 Å². The number of hydrogen-bond acceptors (Lipinski definition) is 4. The molecule has 1 aromatic heterocycles. The van der Waals surface area contributed by atoms with Crippen molar-refractivity contribution in [1.82, 2.24) is 20.7 Å². The lowest BCUT2D eigenvalue weighted by Crippen LogP contribution is -2.24. The first-order valence-corrected chi connectivity index (χ1v) is 7.14. The number of aromatic nitrogens is 3. The summed E-state index contributed by atoms with van der Waals surface area (Å²) < 4.78 is 18.7. The van der Waals surface area contributed by atoms with Crippen LogP contribution in [-0.4, -0.2) is 28.4 Å². The van der Waals surface area contributed by atoms with Gasteiger partial charge in [-0.05, 0) is 24.5 Å². The van der Waals surface area contributed by atoms with Gasteiger partial charge in [0.15, 0.2) is 5.69 Å². The van der Waals surface area contributed by atoms with Gasteiger partial charge in [0.25, 0.3) is 5.91 Å². The highest BCUT2D eigenvalue weighted by Gasteiger charge is 2.31. The van der Waals surface area contributed by atoms with Crippen molar-refractivity contribution in [2.24, 2.45) is 0 Å². The van der Waals surface area contributed by atoms with Crippen LogP contribution in [0.2, 0.25) is 0 Å². The molecule has 0 spiro atoms. The lowest BCUT2D eigenvalue weighted by atomic mass is 10.1. The number of aromatic amines is 1. The van der Waals surface area contributed by atoms with Crippen LogP contribution >= 0.6 is 0 Å². The Morgan fingerprint density at radius 2 is 2.27 bits per heavy atom. The zero-order valence-electron chi connectivity index (χ0n) is 12.2. The Hall–Kier alpha value is -2.28. The number of H-pyrrole nitrogens is 1. The van der Waals surface area contributed by atoms with E-state index in [9.17, 15) is 9.18 Å². The highest BCUT2D eigenvalue weighted by molar-refractivity contribution is 5.93. The maximum absolute atomic E-state index is 13.8. The summed E-state index contributed by atoms with van der Waals surface area (Å²) in [6, 6.07) is 4.83. The fourth-order valence-electron chi connectivity index (χ4n) is 2.29. The normalized spacial score (nSPS) is 14.1. The van der Waals surface area contributed by atoms with Crippen LogP contribution in [0.15, 0.2) is 18.2 Å². The number of halogens is 1. The summed E-state index contributed by atoms with van der Waals surface area (Å²) in [6.07, 6.45) is 2.08. The number of hydrogen-bond donors (Lipinski definition) is 2. The van der Waals surface area contributed by atoms with Crippen molar-refractivity contribution in [3.8, 4) is 0 Å². The van der Waals surface area contributed by atoms with E-state index in [2.05, 4.69) is 20.7 Å². The minimum Gasteiger partial charge on any atom is -0.380 e. The van der Waals surface area contributed by atoms with Gasteiger partial charge in [-0.15, -0.1) is 0 Å². The van der Waals surface area contributed by atoms with Gasteiger partial charge in [-0.25, -0.2) is 4.39 Å². The third-order valence-electron chi connectivity index (χ3n) is 3.62. The van der Waals surface area contributed by atoms with Crippen LogP contribution in [0.5, 0.6) is 0 Å².